The second-order valence-electron chi connectivity index (χ2n) is 10.1. The average molecular weight is 557 g/mol. The lowest BCUT2D eigenvalue weighted by molar-refractivity contribution is -0.138. The van der Waals surface area contributed by atoms with Crippen molar-refractivity contribution in [3.63, 3.8) is 0 Å². The van der Waals surface area contributed by atoms with Crippen LogP contribution >= 0.6 is 0 Å². The van der Waals surface area contributed by atoms with Crippen LogP contribution in [-0.2, 0) is 15.8 Å². The van der Waals surface area contributed by atoms with E-state index in [4.69, 9.17) is 0 Å². The largest absolute Gasteiger partial charge is 0.481 e. The maximum atomic E-state index is 13.8. The first-order valence-corrected chi connectivity index (χ1v) is 12.7. The van der Waals surface area contributed by atoms with Crippen LogP contribution in [0, 0.1) is 0 Å². The number of rotatable bonds is 9. The summed E-state index contributed by atoms with van der Waals surface area (Å²) in [6.45, 7) is 0.111. The number of aromatic nitrogens is 2. The molecule has 2 N–H and O–H groups in total. The number of Topliss-reactive ketones (excluding diaryl/α,β-unsaturated/α-hetero) is 1. The van der Waals surface area contributed by atoms with E-state index in [1.54, 1.807) is 0 Å². The monoisotopic (exact) mass is 556 g/mol. The number of amides is 1. The highest BCUT2D eigenvalue weighted by atomic mass is 19.4. The number of hydrogen-bond donors (Lipinski definition) is 2. The van der Waals surface area contributed by atoms with E-state index in [-0.39, 0.29) is 55.2 Å². The molecule has 2 aliphatic rings. The lowest BCUT2D eigenvalue weighted by Gasteiger charge is -2.33. The van der Waals surface area contributed by atoms with Crippen LogP contribution in [0.4, 0.5) is 22.0 Å². The maximum absolute atomic E-state index is 13.8. The topological polar surface area (TPSA) is 105 Å². The van der Waals surface area contributed by atoms with Crippen molar-refractivity contribution in [2.24, 2.45) is 0 Å². The molecule has 1 aromatic heterocycles. The first kappa shape index (κ1) is 28.7. The molecule has 1 aromatic carbocycles. The standard InChI is InChI=1S/C26H29F5N4O4/c27-25(28)9-3-10-34(15-25)11-8-17(13-22(37)38)32-24(39)20-14-35(23(33-20)16-6-7-18(36)12-16)21-5-2-1-4-19(21)26(29,30)31/h1-2,4-5,14,16-17H,3,6-13,15H2,(H,32,39)(H,37,38)/t16?,17-/m0/s1. The Labute approximate surface area is 221 Å². The third-order valence-electron chi connectivity index (χ3n) is 7.07. The average Bonchev–Trinajstić information content (AvgIpc) is 3.47. The SMILES string of the molecule is O=C(O)C[C@H](CCN1CCCC(F)(F)C1)NC(=O)c1cn(-c2ccccc2C(F)(F)F)c(C2CCC(=O)C2)n1. The van der Waals surface area contributed by atoms with Gasteiger partial charge in [-0.15, -0.1) is 0 Å². The molecule has 0 spiro atoms. The first-order valence-electron chi connectivity index (χ1n) is 12.7. The zero-order chi connectivity index (χ0) is 28.4. The third-order valence-corrected chi connectivity index (χ3v) is 7.07. The number of aliphatic carboxylic acids is 1. The van der Waals surface area contributed by atoms with Crippen LogP contribution in [0.2, 0.25) is 0 Å². The lowest BCUT2D eigenvalue weighted by Crippen LogP contribution is -2.45. The predicted octanol–water partition coefficient (Wildman–Crippen LogP) is 4.42. The summed E-state index contributed by atoms with van der Waals surface area (Å²) in [6.07, 6.45) is -3.16. The van der Waals surface area contributed by atoms with Crippen LogP contribution in [0.25, 0.3) is 5.69 Å². The molecule has 1 saturated heterocycles. The molecule has 4 rings (SSSR count). The molecule has 2 fully saturated rings. The molecule has 1 aliphatic heterocycles. The number of carbonyl (C=O) groups is 3. The summed E-state index contributed by atoms with van der Waals surface area (Å²) in [7, 11) is 0. The number of piperidine rings is 1. The number of alkyl halides is 5. The number of carboxylic acid groups (broad SMARTS) is 1. The van der Waals surface area contributed by atoms with Crippen molar-refractivity contribution in [3.05, 3.63) is 47.5 Å². The summed E-state index contributed by atoms with van der Waals surface area (Å²) in [6, 6.07) is 3.89. The molecule has 2 atom stereocenters. The first-order chi connectivity index (χ1) is 18.3. The van der Waals surface area contributed by atoms with Crippen molar-refractivity contribution in [1.82, 2.24) is 19.8 Å². The van der Waals surface area contributed by atoms with Gasteiger partial charge in [0.15, 0.2) is 0 Å². The Morgan fingerprint density at radius 3 is 2.62 bits per heavy atom. The normalized spacial score (nSPS) is 20.6. The zero-order valence-electron chi connectivity index (χ0n) is 21.0. The summed E-state index contributed by atoms with van der Waals surface area (Å²) in [5.41, 5.74) is -1.43. The number of benzene rings is 1. The third kappa shape index (κ3) is 7.20. The molecule has 13 heteroatoms. The second-order valence-corrected chi connectivity index (χ2v) is 10.1. The number of carboxylic acids is 1. The fraction of sp³-hybridized carbons (Fsp3) is 0.538. The number of imidazole rings is 1. The number of nitrogens with one attached hydrogen (secondary N) is 1. The van der Waals surface area contributed by atoms with Gasteiger partial charge >= 0.3 is 12.1 Å². The van der Waals surface area contributed by atoms with Gasteiger partial charge in [-0.1, -0.05) is 12.1 Å². The van der Waals surface area contributed by atoms with Crippen LogP contribution in [-0.4, -0.2) is 68.8 Å². The fourth-order valence-electron chi connectivity index (χ4n) is 5.21. The van der Waals surface area contributed by atoms with Gasteiger partial charge in [-0.25, -0.2) is 13.8 Å². The Hall–Kier alpha value is -3.35. The highest BCUT2D eigenvalue weighted by Crippen LogP contribution is 2.37. The Balaban J connectivity index is 1.59. The van der Waals surface area contributed by atoms with Crippen LogP contribution < -0.4 is 5.32 Å². The molecule has 1 saturated carbocycles. The van der Waals surface area contributed by atoms with Crippen LogP contribution in [0.1, 0.15) is 72.7 Å². The molecule has 1 unspecified atom stereocenters. The number of para-hydroxylation sites is 1. The summed E-state index contributed by atoms with van der Waals surface area (Å²) >= 11 is 0. The van der Waals surface area contributed by atoms with Gasteiger partial charge < -0.3 is 15.0 Å². The quantitative estimate of drug-likeness (QED) is 0.443. The van der Waals surface area contributed by atoms with Crippen LogP contribution in [0.15, 0.2) is 30.5 Å². The van der Waals surface area contributed by atoms with Crippen LogP contribution in [0.5, 0.6) is 0 Å². The summed E-state index contributed by atoms with van der Waals surface area (Å²) in [5, 5.41) is 11.9. The maximum Gasteiger partial charge on any atom is 0.418 e. The Kier molecular flexibility index (Phi) is 8.38. The smallest absolute Gasteiger partial charge is 0.418 e. The van der Waals surface area contributed by atoms with Crippen LogP contribution in [0.3, 0.4) is 0 Å². The Morgan fingerprint density at radius 2 is 1.97 bits per heavy atom. The van der Waals surface area contributed by atoms with Crippen molar-refractivity contribution in [2.75, 3.05) is 19.6 Å². The van der Waals surface area contributed by atoms with Gasteiger partial charge in [0.1, 0.15) is 17.3 Å². The second kappa shape index (κ2) is 11.4. The van der Waals surface area contributed by atoms with Crippen molar-refractivity contribution < 1.29 is 41.4 Å². The van der Waals surface area contributed by atoms with Crippen molar-refractivity contribution in [2.45, 2.75) is 69.0 Å². The van der Waals surface area contributed by atoms with E-state index in [9.17, 15) is 41.4 Å². The van der Waals surface area contributed by atoms with E-state index in [0.29, 0.717) is 19.4 Å². The molecule has 8 nitrogen and oxygen atoms in total. The van der Waals surface area contributed by atoms with Crippen molar-refractivity contribution in [3.8, 4) is 5.69 Å². The van der Waals surface area contributed by atoms with E-state index in [2.05, 4.69) is 10.3 Å². The number of hydrogen-bond acceptors (Lipinski definition) is 5. The molecular formula is C26H29F5N4O4. The number of likely N-dealkylation sites (tertiary alicyclic amines) is 1. The molecule has 0 radical (unpaired) electrons. The molecule has 1 amide bonds. The van der Waals surface area contributed by atoms with Gasteiger partial charge in [0.05, 0.1) is 24.2 Å². The van der Waals surface area contributed by atoms with E-state index < -0.39 is 54.5 Å². The summed E-state index contributed by atoms with van der Waals surface area (Å²) < 4.78 is 70.0. The highest BCUT2D eigenvalue weighted by Gasteiger charge is 2.37. The Morgan fingerprint density at radius 1 is 1.23 bits per heavy atom. The highest BCUT2D eigenvalue weighted by molar-refractivity contribution is 5.93. The molecule has 2 heterocycles. The van der Waals surface area contributed by atoms with Crippen molar-refractivity contribution >= 4 is 17.7 Å². The van der Waals surface area contributed by atoms with E-state index in [1.165, 1.54) is 27.7 Å². The van der Waals surface area contributed by atoms with Gasteiger partial charge in [0.2, 0.25) is 0 Å². The minimum atomic E-state index is -4.69. The summed E-state index contributed by atoms with van der Waals surface area (Å²) in [4.78, 5) is 42.3. The molecule has 2 aromatic rings. The van der Waals surface area contributed by atoms with Gasteiger partial charge in [-0.3, -0.25) is 19.3 Å². The van der Waals surface area contributed by atoms with E-state index in [1.807, 2.05) is 0 Å². The number of ketones is 1. The number of halogens is 5. The molecule has 0 bridgehead atoms. The number of nitrogens with zero attached hydrogens (tertiary/aromatic N) is 3. The summed E-state index contributed by atoms with van der Waals surface area (Å²) in [5.74, 6) is -5.27. The van der Waals surface area contributed by atoms with E-state index >= 15 is 0 Å². The van der Waals surface area contributed by atoms with Crippen molar-refractivity contribution in [1.29, 1.82) is 0 Å². The fourth-order valence-corrected chi connectivity index (χ4v) is 5.21. The Bertz CT molecular complexity index is 1230. The lowest BCUT2D eigenvalue weighted by atomic mass is 10.1. The van der Waals surface area contributed by atoms with Gasteiger partial charge in [-0.2, -0.15) is 13.2 Å². The minimum absolute atomic E-state index is 0.0607. The predicted molar refractivity (Wildman–Crippen MR) is 129 cm³/mol. The zero-order valence-corrected chi connectivity index (χ0v) is 21.0. The molecule has 212 valence electrons. The minimum Gasteiger partial charge on any atom is -0.481 e. The molecule has 1 aliphatic carbocycles. The van der Waals surface area contributed by atoms with Gasteiger partial charge in [-0.05, 0) is 37.9 Å². The van der Waals surface area contributed by atoms with E-state index in [0.717, 1.165) is 12.3 Å². The molecule has 39 heavy (non-hydrogen) atoms. The number of carbonyl (C=O) groups excluding carboxylic acids is 2. The molecular weight excluding hydrogens is 527 g/mol. The van der Waals surface area contributed by atoms with Gasteiger partial charge in [0, 0.05) is 44.0 Å². The van der Waals surface area contributed by atoms with Gasteiger partial charge in [0.25, 0.3) is 11.8 Å².